The molecule has 2 aromatic rings. The molecule has 1 aromatic carbocycles. The molecule has 0 bridgehead atoms. The first-order valence-corrected chi connectivity index (χ1v) is 6.78. The minimum Gasteiger partial charge on any atom is -0.492 e. The van der Waals surface area contributed by atoms with Crippen molar-refractivity contribution in [2.75, 3.05) is 13.7 Å². The quantitative estimate of drug-likeness (QED) is 0.603. The molecule has 5 nitrogen and oxygen atoms in total. The van der Waals surface area contributed by atoms with Crippen LogP contribution in [0.3, 0.4) is 0 Å². The number of esters is 1. The molecule has 0 aliphatic carbocycles. The summed E-state index contributed by atoms with van der Waals surface area (Å²) in [5.41, 5.74) is 1.20. The Labute approximate surface area is 122 Å². The lowest BCUT2D eigenvalue weighted by Gasteiger charge is -2.10. The summed E-state index contributed by atoms with van der Waals surface area (Å²) in [6.45, 7) is 2.42. The number of pyridine rings is 1. The number of nitrogens with zero attached hydrogens (tertiary/aromatic N) is 1. The van der Waals surface area contributed by atoms with Crippen LogP contribution in [0, 0.1) is 0 Å². The zero-order valence-electron chi connectivity index (χ0n) is 12.1. The number of methoxy groups -OCH3 is 1. The first-order chi connectivity index (χ1) is 10.2. The van der Waals surface area contributed by atoms with Crippen LogP contribution in [0.5, 0.6) is 5.75 Å². The molecule has 0 N–H and O–H groups in total. The molecule has 0 radical (unpaired) electrons. The van der Waals surface area contributed by atoms with Gasteiger partial charge in [-0.25, -0.2) is 0 Å². The van der Waals surface area contributed by atoms with Gasteiger partial charge in [0.05, 0.1) is 20.1 Å². The van der Waals surface area contributed by atoms with E-state index in [0.717, 1.165) is 5.39 Å². The van der Waals surface area contributed by atoms with E-state index >= 15 is 0 Å². The van der Waals surface area contributed by atoms with Gasteiger partial charge in [0.25, 0.3) is 0 Å². The summed E-state index contributed by atoms with van der Waals surface area (Å²) in [7, 11) is 1.31. The normalized spacial score (nSPS) is 10.4. The van der Waals surface area contributed by atoms with E-state index in [1.165, 1.54) is 7.11 Å². The first kappa shape index (κ1) is 15.0. The van der Waals surface area contributed by atoms with Gasteiger partial charge >= 0.3 is 5.97 Å². The van der Waals surface area contributed by atoms with Crippen LogP contribution in [0.15, 0.2) is 30.5 Å². The Hall–Kier alpha value is -2.43. The van der Waals surface area contributed by atoms with Gasteiger partial charge in [-0.2, -0.15) is 0 Å². The zero-order chi connectivity index (χ0) is 15.2. The predicted octanol–water partition coefficient (Wildman–Crippen LogP) is 2.77. The number of hydrogen-bond acceptors (Lipinski definition) is 5. The topological polar surface area (TPSA) is 65.5 Å². The lowest BCUT2D eigenvalue weighted by atomic mass is 10.0. The molecule has 0 saturated heterocycles. The summed E-state index contributed by atoms with van der Waals surface area (Å²) in [6, 6.07) is 7.06. The van der Waals surface area contributed by atoms with Gasteiger partial charge in [-0.3, -0.25) is 14.6 Å². The molecule has 2 rings (SSSR count). The average Bonchev–Trinajstić information content (AvgIpc) is 2.52. The van der Waals surface area contributed by atoms with Crippen LogP contribution in [0.1, 0.15) is 30.1 Å². The Morgan fingerprint density at radius 2 is 2.00 bits per heavy atom. The van der Waals surface area contributed by atoms with Crippen molar-refractivity contribution in [3.8, 4) is 5.75 Å². The molecule has 0 aliphatic rings. The van der Waals surface area contributed by atoms with Crippen molar-refractivity contribution in [1.82, 2.24) is 4.98 Å². The Balaban J connectivity index is 2.34. The number of ether oxygens (including phenoxy) is 2. The van der Waals surface area contributed by atoms with Crippen molar-refractivity contribution in [2.24, 2.45) is 0 Å². The van der Waals surface area contributed by atoms with Crippen LogP contribution in [-0.4, -0.2) is 30.5 Å². The van der Waals surface area contributed by atoms with Crippen molar-refractivity contribution >= 4 is 22.7 Å². The molecule has 1 aromatic heterocycles. The second kappa shape index (κ2) is 6.83. The molecule has 0 amide bonds. The number of benzene rings is 1. The average molecular weight is 287 g/mol. The number of carbonyl (C=O) groups is 2. The van der Waals surface area contributed by atoms with Crippen molar-refractivity contribution in [2.45, 2.75) is 19.8 Å². The Bertz CT molecular complexity index is 666. The van der Waals surface area contributed by atoms with Gasteiger partial charge in [0.1, 0.15) is 11.3 Å². The van der Waals surface area contributed by atoms with Crippen LogP contribution >= 0.6 is 0 Å². The molecule has 1 heterocycles. The molecule has 0 fully saturated rings. The molecule has 110 valence electrons. The van der Waals surface area contributed by atoms with Gasteiger partial charge in [0.2, 0.25) is 0 Å². The zero-order valence-corrected chi connectivity index (χ0v) is 12.1. The molecular weight excluding hydrogens is 270 g/mol. The maximum Gasteiger partial charge on any atom is 0.305 e. The highest BCUT2D eigenvalue weighted by molar-refractivity contribution is 6.09. The fraction of sp³-hybridized carbons (Fsp3) is 0.312. The third-order valence-electron chi connectivity index (χ3n) is 3.12. The van der Waals surface area contributed by atoms with Crippen LogP contribution in [-0.2, 0) is 9.53 Å². The van der Waals surface area contributed by atoms with Gasteiger partial charge < -0.3 is 9.47 Å². The third kappa shape index (κ3) is 3.37. The maximum absolute atomic E-state index is 12.3. The predicted molar refractivity (Wildman–Crippen MR) is 78.5 cm³/mol. The summed E-state index contributed by atoms with van der Waals surface area (Å²) in [5, 5.41) is 0.735. The van der Waals surface area contributed by atoms with E-state index < -0.39 is 5.97 Å². The van der Waals surface area contributed by atoms with Crippen LogP contribution in [0.25, 0.3) is 10.9 Å². The van der Waals surface area contributed by atoms with E-state index in [1.807, 2.05) is 13.0 Å². The van der Waals surface area contributed by atoms with E-state index in [0.29, 0.717) is 23.4 Å². The molecule has 21 heavy (non-hydrogen) atoms. The lowest BCUT2D eigenvalue weighted by molar-refractivity contribution is -0.140. The Morgan fingerprint density at radius 1 is 1.19 bits per heavy atom. The van der Waals surface area contributed by atoms with Crippen molar-refractivity contribution in [3.63, 3.8) is 0 Å². The van der Waals surface area contributed by atoms with E-state index in [1.54, 1.807) is 24.4 Å². The summed E-state index contributed by atoms with van der Waals surface area (Å²) in [5.74, 6) is 0.149. The second-order valence-corrected chi connectivity index (χ2v) is 4.44. The Kier molecular flexibility index (Phi) is 4.87. The highest BCUT2D eigenvalue weighted by atomic mass is 16.5. The number of Topliss-reactive ketones (excluding diaryl/α,β-unsaturated/α-hetero) is 1. The summed E-state index contributed by atoms with van der Waals surface area (Å²) in [4.78, 5) is 27.7. The van der Waals surface area contributed by atoms with Crippen molar-refractivity contribution < 1.29 is 19.1 Å². The molecule has 0 spiro atoms. The summed E-state index contributed by atoms with van der Waals surface area (Å²) in [6.07, 6.45) is 1.85. The SMILES string of the molecule is CCOc1ccc(C(=O)CCC(=O)OC)c2cccnc12. The number of fused-ring (bicyclic) bond motifs is 1. The number of hydrogen-bond donors (Lipinski definition) is 0. The maximum atomic E-state index is 12.3. The van der Waals surface area contributed by atoms with Gasteiger partial charge in [-0.1, -0.05) is 6.07 Å². The molecule has 0 unspecified atom stereocenters. The number of rotatable bonds is 6. The number of aromatic nitrogens is 1. The van der Waals surface area contributed by atoms with Crippen LogP contribution < -0.4 is 4.74 Å². The standard InChI is InChI=1S/C16H17NO4/c1-3-21-14-8-6-11(12-5-4-10-17-16(12)14)13(18)7-9-15(19)20-2/h4-6,8,10H,3,7,9H2,1-2H3. The number of carbonyl (C=O) groups excluding carboxylic acids is 2. The fourth-order valence-corrected chi connectivity index (χ4v) is 2.11. The van der Waals surface area contributed by atoms with E-state index in [2.05, 4.69) is 9.72 Å². The van der Waals surface area contributed by atoms with Gasteiger partial charge in [-0.15, -0.1) is 0 Å². The second-order valence-electron chi connectivity index (χ2n) is 4.44. The van der Waals surface area contributed by atoms with Gasteiger partial charge in [0, 0.05) is 23.6 Å². The van der Waals surface area contributed by atoms with Crippen molar-refractivity contribution in [3.05, 3.63) is 36.0 Å². The van der Waals surface area contributed by atoms with Gasteiger partial charge in [-0.05, 0) is 25.1 Å². The summed E-state index contributed by atoms with van der Waals surface area (Å²) >= 11 is 0. The fourth-order valence-electron chi connectivity index (χ4n) is 2.11. The molecule has 5 heteroatoms. The largest absolute Gasteiger partial charge is 0.492 e. The minimum atomic E-state index is -0.392. The third-order valence-corrected chi connectivity index (χ3v) is 3.12. The monoisotopic (exact) mass is 287 g/mol. The van der Waals surface area contributed by atoms with Crippen LogP contribution in [0.2, 0.25) is 0 Å². The minimum absolute atomic E-state index is 0.0737. The van der Waals surface area contributed by atoms with E-state index in [4.69, 9.17) is 4.74 Å². The van der Waals surface area contributed by atoms with Gasteiger partial charge in [0.15, 0.2) is 5.78 Å². The molecule has 0 aliphatic heterocycles. The summed E-state index contributed by atoms with van der Waals surface area (Å²) < 4.78 is 10.1. The highest BCUT2D eigenvalue weighted by Gasteiger charge is 2.15. The molecular formula is C16H17NO4. The van der Waals surface area contributed by atoms with E-state index in [-0.39, 0.29) is 18.6 Å². The smallest absolute Gasteiger partial charge is 0.305 e. The molecule has 0 saturated carbocycles. The van der Waals surface area contributed by atoms with E-state index in [9.17, 15) is 9.59 Å². The van der Waals surface area contributed by atoms with Crippen LogP contribution in [0.4, 0.5) is 0 Å². The highest BCUT2D eigenvalue weighted by Crippen LogP contribution is 2.27. The lowest BCUT2D eigenvalue weighted by Crippen LogP contribution is -2.07. The van der Waals surface area contributed by atoms with Crippen molar-refractivity contribution in [1.29, 1.82) is 0 Å². The Morgan fingerprint density at radius 3 is 2.71 bits per heavy atom. The molecule has 0 atom stereocenters. The first-order valence-electron chi connectivity index (χ1n) is 6.78. The number of ketones is 1.